The number of nitrogens with zero attached hydrogens (tertiary/aromatic N) is 1. The summed E-state index contributed by atoms with van der Waals surface area (Å²) in [6.45, 7) is 3.19. The van der Waals surface area contributed by atoms with Crippen LogP contribution in [0.4, 0.5) is 0 Å². The number of hydrogen-bond donors (Lipinski definition) is 2. The Balaban J connectivity index is 1.67. The molecule has 0 atom stereocenters. The van der Waals surface area contributed by atoms with Crippen molar-refractivity contribution in [2.45, 2.75) is 6.42 Å². The molecular weight excluding hydrogens is 226 g/mol. The van der Waals surface area contributed by atoms with E-state index in [4.69, 9.17) is 0 Å². The number of H-pyrrole nitrogens is 1. The van der Waals surface area contributed by atoms with Crippen molar-refractivity contribution in [3.8, 4) is 0 Å². The first-order chi connectivity index (χ1) is 8.83. The zero-order valence-corrected chi connectivity index (χ0v) is 10.3. The second kappa shape index (κ2) is 4.82. The minimum atomic E-state index is 0.139. The number of aromatic nitrogens is 1. The maximum absolute atomic E-state index is 11.3. The van der Waals surface area contributed by atoms with Gasteiger partial charge in [0.15, 0.2) is 0 Å². The summed E-state index contributed by atoms with van der Waals surface area (Å²) >= 11 is 0. The average molecular weight is 243 g/mol. The molecule has 3 rings (SSSR count). The van der Waals surface area contributed by atoms with Gasteiger partial charge in [0.05, 0.1) is 6.54 Å². The summed E-state index contributed by atoms with van der Waals surface area (Å²) in [5, 5.41) is 4.14. The van der Waals surface area contributed by atoms with E-state index in [1.165, 1.54) is 16.5 Å². The number of carbonyl (C=O) groups excluding carboxylic acids is 1. The van der Waals surface area contributed by atoms with Crippen molar-refractivity contribution in [1.29, 1.82) is 0 Å². The third-order valence-electron chi connectivity index (χ3n) is 3.49. The number of rotatable bonds is 3. The topological polar surface area (TPSA) is 48.1 Å². The Morgan fingerprint density at radius 2 is 2.17 bits per heavy atom. The summed E-state index contributed by atoms with van der Waals surface area (Å²) in [6.07, 6.45) is 3.06. The van der Waals surface area contributed by atoms with Gasteiger partial charge in [-0.05, 0) is 18.1 Å². The first-order valence-corrected chi connectivity index (χ1v) is 6.37. The van der Waals surface area contributed by atoms with E-state index in [9.17, 15) is 4.79 Å². The van der Waals surface area contributed by atoms with Crippen molar-refractivity contribution < 1.29 is 4.79 Å². The molecule has 0 saturated carbocycles. The van der Waals surface area contributed by atoms with Crippen LogP contribution in [0, 0.1) is 0 Å². The number of amides is 1. The Kier molecular flexibility index (Phi) is 3.02. The quantitative estimate of drug-likeness (QED) is 0.849. The molecule has 1 aliphatic rings. The van der Waals surface area contributed by atoms with E-state index >= 15 is 0 Å². The maximum Gasteiger partial charge on any atom is 0.234 e. The fourth-order valence-electron chi connectivity index (χ4n) is 2.50. The minimum absolute atomic E-state index is 0.139. The Morgan fingerprint density at radius 3 is 3.06 bits per heavy atom. The highest BCUT2D eigenvalue weighted by Gasteiger charge is 2.15. The van der Waals surface area contributed by atoms with Gasteiger partial charge in [0.2, 0.25) is 5.91 Å². The smallest absolute Gasteiger partial charge is 0.234 e. The molecule has 1 fully saturated rings. The molecule has 2 N–H and O–H groups in total. The summed E-state index contributed by atoms with van der Waals surface area (Å²) in [7, 11) is 0. The molecule has 1 aromatic heterocycles. The van der Waals surface area contributed by atoms with Gasteiger partial charge in [-0.3, -0.25) is 9.69 Å². The van der Waals surface area contributed by atoms with Crippen LogP contribution in [0.2, 0.25) is 0 Å². The van der Waals surface area contributed by atoms with Crippen molar-refractivity contribution in [3.05, 3.63) is 36.0 Å². The van der Waals surface area contributed by atoms with Gasteiger partial charge in [-0.25, -0.2) is 0 Å². The number of piperazine rings is 1. The third kappa shape index (κ3) is 2.24. The van der Waals surface area contributed by atoms with Gasteiger partial charge in [0.1, 0.15) is 0 Å². The highest BCUT2D eigenvalue weighted by molar-refractivity contribution is 5.83. The molecule has 94 valence electrons. The molecule has 1 aromatic carbocycles. The van der Waals surface area contributed by atoms with Gasteiger partial charge in [0.25, 0.3) is 0 Å². The second-order valence-corrected chi connectivity index (χ2v) is 4.74. The number of aromatic amines is 1. The number of nitrogens with one attached hydrogen (secondary N) is 2. The van der Waals surface area contributed by atoms with Gasteiger partial charge in [0, 0.05) is 36.7 Å². The second-order valence-electron chi connectivity index (χ2n) is 4.74. The molecule has 4 heteroatoms. The average Bonchev–Trinajstić information content (AvgIpc) is 2.80. The molecule has 0 radical (unpaired) electrons. The summed E-state index contributed by atoms with van der Waals surface area (Å²) in [6, 6.07) is 8.34. The van der Waals surface area contributed by atoms with E-state index < -0.39 is 0 Å². The fraction of sp³-hybridized carbons (Fsp3) is 0.357. The molecule has 4 nitrogen and oxygen atoms in total. The maximum atomic E-state index is 11.3. The Bertz CT molecular complexity index is 561. The predicted molar refractivity (Wildman–Crippen MR) is 71.5 cm³/mol. The Labute approximate surface area is 106 Å². The molecule has 0 bridgehead atoms. The van der Waals surface area contributed by atoms with Gasteiger partial charge in [-0.2, -0.15) is 0 Å². The van der Waals surface area contributed by atoms with Gasteiger partial charge >= 0.3 is 0 Å². The SMILES string of the molecule is O=C1CN(CCc2c[nH]c3ccccc23)CCN1. The molecule has 1 amide bonds. The molecule has 1 saturated heterocycles. The molecule has 18 heavy (non-hydrogen) atoms. The molecule has 0 unspecified atom stereocenters. The highest BCUT2D eigenvalue weighted by Crippen LogP contribution is 2.18. The summed E-state index contributed by atoms with van der Waals surface area (Å²) in [5.74, 6) is 0.139. The number of para-hydroxylation sites is 1. The van der Waals surface area contributed by atoms with Crippen LogP contribution < -0.4 is 5.32 Å². The highest BCUT2D eigenvalue weighted by atomic mass is 16.2. The van der Waals surface area contributed by atoms with Gasteiger partial charge in [-0.1, -0.05) is 18.2 Å². The monoisotopic (exact) mass is 243 g/mol. The molecular formula is C14H17N3O. The van der Waals surface area contributed by atoms with Crippen molar-refractivity contribution in [1.82, 2.24) is 15.2 Å². The zero-order valence-electron chi connectivity index (χ0n) is 10.3. The zero-order chi connectivity index (χ0) is 12.4. The van der Waals surface area contributed by atoms with E-state index in [-0.39, 0.29) is 5.91 Å². The third-order valence-corrected chi connectivity index (χ3v) is 3.49. The first kappa shape index (κ1) is 11.3. The van der Waals surface area contributed by atoms with Crippen LogP contribution in [0.25, 0.3) is 10.9 Å². The Morgan fingerprint density at radius 1 is 1.28 bits per heavy atom. The van der Waals surface area contributed by atoms with E-state index in [0.717, 1.165) is 26.1 Å². The number of benzene rings is 1. The fourth-order valence-corrected chi connectivity index (χ4v) is 2.50. The van der Waals surface area contributed by atoms with Gasteiger partial charge in [-0.15, -0.1) is 0 Å². The van der Waals surface area contributed by atoms with E-state index in [1.807, 2.05) is 6.07 Å². The lowest BCUT2D eigenvalue weighted by molar-refractivity contribution is -0.124. The van der Waals surface area contributed by atoms with Crippen molar-refractivity contribution >= 4 is 16.8 Å². The Hall–Kier alpha value is -1.81. The van der Waals surface area contributed by atoms with Crippen LogP contribution in [0.3, 0.4) is 0 Å². The van der Waals surface area contributed by atoms with Crippen molar-refractivity contribution in [3.63, 3.8) is 0 Å². The first-order valence-electron chi connectivity index (χ1n) is 6.37. The minimum Gasteiger partial charge on any atom is -0.361 e. The van der Waals surface area contributed by atoms with Crippen LogP contribution in [0.5, 0.6) is 0 Å². The van der Waals surface area contributed by atoms with E-state index in [1.54, 1.807) is 0 Å². The van der Waals surface area contributed by atoms with Crippen molar-refractivity contribution in [2.75, 3.05) is 26.2 Å². The molecule has 1 aliphatic heterocycles. The molecule has 0 aliphatic carbocycles. The normalized spacial score (nSPS) is 17.0. The molecule has 2 aromatic rings. The largest absolute Gasteiger partial charge is 0.361 e. The molecule has 2 heterocycles. The van der Waals surface area contributed by atoms with Crippen LogP contribution in [0.1, 0.15) is 5.56 Å². The van der Waals surface area contributed by atoms with Crippen LogP contribution in [0.15, 0.2) is 30.5 Å². The summed E-state index contributed by atoms with van der Waals surface area (Å²) in [4.78, 5) is 16.8. The lowest BCUT2D eigenvalue weighted by Gasteiger charge is -2.26. The van der Waals surface area contributed by atoms with Gasteiger partial charge < -0.3 is 10.3 Å². The lowest BCUT2D eigenvalue weighted by Crippen LogP contribution is -2.48. The van der Waals surface area contributed by atoms with E-state index in [2.05, 4.69) is 39.6 Å². The van der Waals surface area contributed by atoms with Crippen LogP contribution in [-0.2, 0) is 11.2 Å². The standard InChI is InChI=1S/C14H17N3O/c18-14-10-17(8-6-15-14)7-5-11-9-16-13-4-2-1-3-12(11)13/h1-4,9,16H,5-8,10H2,(H,15,18). The number of carbonyl (C=O) groups is 1. The summed E-state index contributed by atoms with van der Waals surface area (Å²) in [5.41, 5.74) is 2.51. The molecule has 0 spiro atoms. The lowest BCUT2D eigenvalue weighted by atomic mass is 10.1. The van der Waals surface area contributed by atoms with Crippen LogP contribution in [-0.4, -0.2) is 42.0 Å². The number of fused-ring (bicyclic) bond motifs is 1. The summed E-state index contributed by atoms with van der Waals surface area (Å²) < 4.78 is 0. The number of hydrogen-bond acceptors (Lipinski definition) is 2. The van der Waals surface area contributed by atoms with Crippen LogP contribution >= 0.6 is 0 Å². The van der Waals surface area contributed by atoms with E-state index in [0.29, 0.717) is 6.54 Å². The van der Waals surface area contributed by atoms with Crippen molar-refractivity contribution in [2.24, 2.45) is 0 Å². The predicted octanol–water partition coefficient (Wildman–Crippen LogP) is 1.14.